The van der Waals surface area contributed by atoms with Crippen molar-refractivity contribution in [1.82, 2.24) is 15.5 Å². The Morgan fingerprint density at radius 2 is 1.81 bits per heavy atom. The second kappa shape index (κ2) is 8.43. The molecule has 3 heterocycles. The molecule has 7 heteroatoms. The van der Waals surface area contributed by atoms with E-state index in [1.807, 2.05) is 29.2 Å². The van der Waals surface area contributed by atoms with Gasteiger partial charge in [-0.2, -0.15) is 0 Å². The van der Waals surface area contributed by atoms with Crippen LogP contribution in [0.15, 0.2) is 24.3 Å². The molecule has 4 fully saturated rings. The number of nitrogens with one attached hydrogen (secondary N) is 2. The number of piperidine rings is 1. The summed E-state index contributed by atoms with van der Waals surface area (Å²) < 4.78 is 11.4. The normalized spacial score (nSPS) is 26.9. The van der Waals surface area contributed by atoms with E-state index in [4.69, 9.17) is 9.47 Å². The fraction of sp³-hybridized carbons (Fsp3) is 0.667. The minimum absolute atomic E-state index is 0.0391. The van der Waals surface area contributed by atoms with Gasteiger partial charge in [-0.1, -0.05) is 19.3 Å². The maximum absolute atomic E-state index is 13.0. The molecule has 3 saturated heterocycles. The number of carbonyl (C=O) groups is 2. The van der Waals surface area contributed by atoms with Crippen molar-refractivity contribution in [3.8, 4) is 5.75 Å². The molecular weight excluding hydrogens is 394 g/mol. The Labute approximate surface area is 183 Å². The summed E-state index contributed by atoms with van der Waals surface area (Å²) in [6.45, 7) is 2.65. The highest BCUT2D eigenvalue weighted by Gasteiger charge is 2.54. The molecule has 1 aromatic carbocycles. The SMILES string of the molecule is O=C(c1ccc(OC[C@H]2CCCO2)cc1)N1CCC2(CC1)NC(=O)C1(CCCCC1)N2. The molecule has 168 valence electrons. The van der Waals surface area contributed by atoms with Gasteiger partial charge in [0.1, 0.15) is 12.4 Å². The Kier molecular flexibility index (Phi) is 5.65. The van der Waals surface area contributed by atoms with E-state index in [0.29, 0.717) is 25.3 Å². The average Bonchev–Trinajstić information content (AvgIpc) is 3.40. The van der Waals surface area contributed by atoms with Crippen LogP contribution in [-0.4, -0.2) is 60.3 Å². The molecule has 3 aliphatic heterocycles. The first kappa shape index (κ1) is 20.8. The lowest BCUT2D eigenvalue weighted by Gasteiger charge is -2.41. The van der Waals surface area contributed by atoms with Gasteiger partial charge in [0.25, 0.3) is 5.91 Å². The molecule has 7 nitrogen and oxygen atoms in total. The van der Waals surface area contributed by atoms with E-state index in [0.717, 1.165) is 63.7 Å². The van der Waals surface area contributed by atoms with Gasteiger partial charge in [0.05, 0.1) is 17.3 Å². The van der Waals surface area contributed by atoms with Crippen LogP contribution in [0.25, 0.3) is 0 Å². The summed E-state index contributed by atoms with van der Waals surface area (Å²) in [4.78, 5) is 27.7. The minimum atomic E-state index is -0.385. The van der Waals surface area contributed by atoms with Gasteiger partial charge in [-0.05, 0) is 49.9 Å². The first-order valence-electron chi connectivity index (χ1n) is 11.8. The Balaban J connectivity index is 1.15. The molecular formula is C24H33N3O4. The van der Waals surface area contributed by atoms with Gasteiger partial charge in [-0.25, -0.2) is 0 Å². The number of ether oxygens (including phenoxy) is 2. The number of amides is 2. The first-order chi connectivity index (χ1) is 15.1. The largest absolute Gasteiger partial charge is 0.491 e. The lowest BCUT2D eigenvalue weighted by molar-refractivity contribution is -0.125. The van der Waals surface area contributed by atoms with Crippen LogP contribution < -0.4 is 15.4 Å². The Hall–Kier alpha value is -2.12. The third-order valence-electron chi connectivity index (χ3n) is 7.44. The molecule has 4 aliphatic rings. The highest BCUT2D eigenvalue weighted by atomic mass is 16.5. The summed E-state index contributed by atoms with van der Waals surface area (Å²) in [5.74, 6) is 0.961. The van der Waals surface area contributed by atoms with Crippen LogP contribution in [0.2, 0.25) is 0 Å². The van der Waals surface area contributed by atoms with Crippen molar-refractivity contribution in [3.63, 3.8) is 0 Å². The van der Waals surface area contributed by atoms with Gasteiger partial charge in [-0.15, -0.1) is 0 Å². The van der Waals surface area contributed by atoms with Crippen LogP contribution in [0.3, 0.4) is 0 Å². The Morgan fingerprint density at radius 3 is 2.48 bits per heavy atom. The predicted octanol–water partition coefficient (Wildman–Crippen LogP) is 2.60. The molecule has 0 aromatic heterocycles. The minimum Gasteiger partial charge on any atom is -0.491 e. The van der Waals surface area contributed by atoms with Crippen LogP contribution in [0.4, 0.5) is 0 Å². The fourth-order valence-electron chi connectivity index (χ4n) is 5.57. The van der Waals surface area contributed by atoms with Gasteiger partial charge in [0.15, 0.2) is 0 Å². The van der Waals surface area contributed by atoms with Crippen molar-refractivity contribution in [1.29, 1.82) is 0 Å². The number of benzene rings is 1. The summed E-state index contributed by atoms with van der Waals surface area (Å²) in [5.41, 5.74) is -0.0674. The molecule has 1 aliphatic carbocycles. The average molecular weight is 428 g/mol. The highest BCUT2D eigenvalue weighted by Crippen LogP contribution is 2.37. The lowest BCUT2D eigenvalue weighted by Crippen LogP contribution is -2.60. The Bertz CT molecular complexity index is 805. The van der Waals surface area contributed by atoms with E-state index in [9.17, 15) is 9.59 Å². The first-order valence-corrected chi connectivity index (χ1v) is 11.8. The number of hydrogen-bond donors (Lipinski definition) is 2. The topological polar surface area (TPSA) is 79.9 Å². The van der Waals surface area contributed by atoms with Crippen molar-refractivity contribution in [2.45, 2.75) is 75.1 Å². The van der Waals surface area contributed by atoms with E-state index in [-0.39, 0.29) is 29.1 Å². The van der Waals surface area contributed by atoms with Crippen molar-refractivity contribution < 1.29 is 19.1 Å². The third kappa shape index (κ3) is 4.17. The maximum Gasteiger partial charge on any atom is 0.253 e. The molecule has 2 amide bonds. The zero-order valence-corrected chi connectivity index (χ0v) is 18.2. The smallest absolute Gasteiger partial charge is 0.253 e. The molecule has 5 rings (SSSR count). The molecule has 0 radical (unpaired) electrons. The molecule has 0 unspecified atom stereocenters. The fourth-order valence-corrected chi connectivity index (χ4v) is 5.57. The highest BCUT2D eigenvalue weighted by molar-refractivity contribution is 5.94. The van der Waals surface area contributed by atoms with Crippen LogP contribution in [-0.2, 0) is 9.53 Å². The second-order valence-corrected chi connectivity index (χ2v) is 9.57. The molecule has 1 aromatic rings. The van der Waals surface area contributed by atoms with Crippen LogP contribution in [0.1, 0.15) is 68.1 Å². The molecule has 31 heavy (non-hydrogen) atoms. The van der Waals surface area contributed by atoms with Crippen LogP contribution in [0, 0.1) is 0 Å². The van der Waals surface area contributed by atoms with Crippen molar-refractivity contribution >= 4 is 11.8 Å². The number of nitrogens with zero attached hydrogens (tertiary/aromatic N) is 1. The number of carbonyl (C=O) groups excluding carboxylic acids is 2. The second-order valence-electron chi connectivity index (χ2n) is 9.57. The maximum atomic E-state index is 13.0. The van der Waals surface area contributed by atoms with E-state index >= 15 is 0 Å². The standard InChI is InChI=1S/C24H33N3O4/c28-21(18-6-8-19(9-7-18)31-17-20-5-4-16-30-20)27-14-12-24(13-15-27)25-22(29)23(26-24)10-2-1-3-11-23/h6-9,20,26H,1-5,10-17H2,(H,25,29)/t20-/m1/s1. The van der Waals surface area contributed by atoms with Gasteiger partial charge >= 0.3 is 0 Å². The summed E-state index contributed by atoms with van der Waals surface area (Å²) in [5, 5.41) is 6.95. The van der Waals surface area contributed by atoms with Crippen LogP contribution >= 0.6 is 0 Å². The predicted molar refractivity (Wildman–Crippen MR) is 116 cm³/mol. The van der Waals surface area contributed by atoms with Crippen molar-refractivity contribution in [3.05, 3.63) is 29.8 Å². The van der Waals surface area contributed by atoms with Crippen molar-refractivity contribution in [2.24, 2.45) is 0 Å². The van der Waals surface area contributed by atoms with Crippen LogP contribution in [0.5, 0.6) is 5.75 Å². The Morgan fingerprint density at radius 1 is 1.06 bits per heavy atom. The summed E-state index contributed by atoms with van der Waals surface area (Å²) in [6, 6.07) is 7.40. The van der Waals surface area contributed by atoms with Crippen molar-refractivity contribution in [2.75, 3.05) is 26.3 Å². The third-order valence-corrected chi connectivity index (χ3v) is 7.44. The molecule has 1 atom stereocenters. The van der Waals surface area contributed by atoms with Gasteiger partial charge < -0.3 is 19.7 Å². The summed E-state index contributed by atoms with van der Waals surface area (Å²) in [7, 11) is 0. The monoisotopic (exact) mass is 427 g/mol. The quantitative estimate of drug-likeness (QED) is 0.772. The zero-order valence-electron chi connectivity index (χ0n) is 18.2. The molecule has 1 saturated carbocycles. The summed E-state index contributed by atoms with van der Waals surface area (Å²) in [6.07, 6.45) is 9.08. The number of hydrogen-bond acceptors (Lipinski definition) is 5. The van der Waals surface area contributed by atoms with Gasteiger partial charge in [0.2, 0.25) is 5.91 Å². The van der Waals surface area contributed by atoms with E-state index < -0.39 is 0 Å². The van der Waals surface area contributed by atoms with E-state index in [1.165, 1.54) is 6.42 Å². The molecule has 0 bridgehead atoms. The van der Waals surface area contributed by atoms with Gasteiger partial charge in [-0.3, -0.25) is 14.9 Å². The molecule has 2 spiro atoms. The zero-order chi connectivity index (χ0) is 21.3. The van der Waals surface area contributed by atoms with E-state index in [2.05, 4.69) is 10.6 Å². The summed E-state index contributed by atoms with van der Waals surface area (Å²) >= 11 is 0. The lowest BCUT2D eigenvalue weighted by atomic mass is 9.81. The van der Waals surface area contributed by atoms with E-state index in [1.54, 1.807) is 0 Å². The number of likely N-dealkylation sites (tertiary alicyclic amines) is 1. The number of rotatable bonds is 4. The molecule has 2 N–H and O–H groups in total. The van der Waals surface area contributed by atoms with Gasteiger partial charge in [0, 0.05) is 38.1 Å².